The Morgan fingerprint density at radius 2 is 1.33 bits per heavy atom. The molecule has 4 aliphatic rings. The second kappa shape index (κ2) is 4.10. The predicted octanol–water partition coefficient (Wildman–Crippen LogP) is 0.925. The number of carbonyl (C=O) groups is 1. The molecule has 0 aromatic rings. The summed E-state index contributed by atoms with van der Waals surface area (Å²) >= 11 is 0. The van der Waals surface area contributed by atoms with Gasteiger partial charge in [0.1, 0.15) is 0 Å². The molecule has 0 spiro atoms. The lowest BCUT2D eigenvalue weighted by Crippen LogP contribution is -2.51. The van der Waals surface area contributed by atoms with Gasteiger partial charge in [0.05, 0.1) is 36.5 Å². The van der Waals surface area contributed by atoms with E-state index in [-0.39, 0.29) is 30.3 Å². The molecule has 100 valence electrons. The molecule has 2 amide bonds. The molecule has 4 fully saturated rings. The fourth-order valence-electron chi connectivity index (χ4n) is 3.96. The molecule has 4 aliphatic heterocycles. The Balaban J connectivity index is 1.29. The Kier molecular flexibility index (Phi) is 2.52. The van der Waals surface area contributed by atoms with Crippen molar-refractivity contribution in [1.29, 1.82) is 0 Å². The molecule has 18 heavy (non-hydrogen) atoms. The lowest BCUT2D eigenvalue weighted by Gasteiger charge is -2.24. The average Bonchev–Trinajstić information content (AvgIpc) is 3.08. The van der Waals surface area contributed by atoms with Crippen LogP contribution in [0.4, 0.5) is 4.79 Å². The minimum atomic E-state index is -0.0442. The van der Waals surface area contributed by atoms with E-state index < -0.39 is 0 Å². The van der Waals surface area contributed by atoms with E-state index in [9.17, 15) is 4.79 Å². The van der Waals surface area contributed by atoms with Crippen LogP contribution in [0.2, 0.25) is 0 Å². The first-order chi connectivity index (χ1) is 8.78. The third-order valence-corrected chi connectivity index (χ3v) is 4.85. The highest BCUT2D eigenvalue weighted by Crippen LogP contribution is 2.35. The van der Waals surface area contributed by atoms with E-state index in [0.717, 1.165) is 38.5 Å². The van der Waals surface area contributed by atoms with Crippen molar-refractivity contribution in [1.82, 2.24) is 10.6 Å². The quantitative estimate of drug-likeness (QED) is 0.768. The highest BCUT2D eigenvalue weighted by atomic mass is 16.5. The molecule has 4 heterocycles. The molecule has 6 atom stereocenters. The summed E-state index contributed by atoms with van der Waals surface area (Å²) < 4.78 is 11.5. The summed E-state index contributed by atoms with van der Waals surface area (Å²) in [5.74, 6) is 0. The molecular formula is C13H20N2O3. The Labute approximate surface area is 107 Å². The molecule has 5 heteroatoms. The number of hydrogen-bond donors (Lipinski definition) is 2. The SMILES string of the molecule is O=C(N[C@@H]1C[C@H]2CC[C@H]1O2)N[C@@H]1C[C@H]2CC[C@H]1O2. The number of rotatable bonds is 2. The summed E-state index contributed by atoms with van der Waals surface area (Å²) in [6.45, 7) is 0. The normalized spacial score (nSPS) is 48.7. The van der Waals surface area contributed by atoms with Crippen molar-refractivity contribution in [2.24, 2.45) is 0 Å². The van der Waals surface area contributed by atoms with Crippen LogP contribution in [-0.2, 0) is 9.47 Å². The van der Waals surface area contributed by atoms with Gasteiger partial charge >= 0.3 is 6.03 Å². The molecule has 0 aliphatic carbocycles. The van der Waals surface area contributed by atoms with Crippen molar-refractivity contribution < 1.29 is 14.3 Å². The van der Waals surface area contributed by atoms with Crippen LogP contribution in [0.3, 0.4) is 0 Å². The number of fused-ring (bicyclic) bond motifs is 4. The zero-order chi connectivity index (χ0) is 12.1. The standard InChI is InChI=1S/C13H20N2O3/c16-13(14-9-5-7-1-3-11(9)17-7)15-10-6-8-2-4-12(10)18-8/h7-12H,1-6H2,(H2,14,15,16)/t7-,8-,9-,10-,11-,12-/m1/s1. The Morgan fingerprint density at radius 3 is 1.67 bits per heavy atom. The summed E-state index contributed by atoms with van der Waals surface area (Å²) in [7, 11) is 0. The zero-order valence-corrected chi connectivity index (χ0v) is 10.4. The van der Waals surface area contributed by atoms with Crippen molar-refractivity contribution in [2.45, 2.75) is 75.0 Å². The Bertz CT molecular complexity index is 330. The lowest BCUT2D eigenvalue weighted by atomic mass is 9.95. The predicted molar refractivity (Wildman–Crippen MR) is 64.3 cm³/mol. The van der Waals surface area contributed by atoms with E-state index in [1.165, 1.54) is 0 Å². The highest BCUT2D eigenvalue weighted by molar-refractivity contribution is 5.74. The van der Waals surface area contributed by atoms with Gasteiger partial charge in [0, 0.05) is 0 Å². The van der Waals surface area contributed by atoms with Crippen molar-refractivity contribution in [3.63, 3.8) is 0 Å². The number of ether oxygens (including phenoxy) is 2. The van der Waals surface area contributed by atoms with E-state index >= 15 is 0 Å². The summed E-state index contributed by atoms with van der Waals surface area (Å²) in [5, 5.41) is 6.13. The third-order valence-electron chi connectivity index (χ3n) is 4.85. The lowest BCUT2D eigenvalue weighted by molar-refractivity contribution is 0.0957. The minimum absolute atomic E-state index is 0.0442. The summed E-state index contributed by atoms with van der Waals surface area (Å²) in [6.07, 6.45) is 7.71. The van der Waals surface area contributed by atoms with Gasteiger partial charge < -0.3 is 20.1 Å². The van der Waals surface area contributed by atoms with Crippen LogP contribution in [0.5, 0.6) is 0 Å². The topological polar surface area (TPSA) is 59.6 Å². The fourth-order valence-corrected chi connectivity index (χ4v) is 3.96. The number of amides is 2. The smallest absolute Gasteiger partial charge is 0.315 e. The Hall–Kier alpha value is -0.810. The van der Waals surface area contributed by atoms with Crippen LogP contribution in [-0.4, -0.2) is 42.5 Å². The van der Waals surface area contributed by atoms with Gasteiger partial charge in [0.2, 0.25) is 0 Å². The largest absolute Gasteiger partial charge is 0.373 e. The second-order valence-corrected chi connectivity index (χ2v) is 6.05. The molecule has 4 saturated heterocycles. The van der Waals surface area contributed by atoms with Crippen molar-refractivity contribution in [3.05, 3.63) is 0 Å². The van der Waals surface area contributed by atoms with Crippen LogP contribution >= 0.6 is 0 Å². The van der Waals surface area contributed by atoms with E-state index in [1.54, 1.807) is 0 Å². The van der Waals surface area contributed by atoms with Gasteiger partial charge in [0.25, 0.3) is 0 Å². The van der Waals surface area contributed by atoms with Crippen LogP contribution in [0, 0.1) is 0 Å². The van der Waals surface area contributed by atoms with Crippen molar-refractivity contribution in [3.8, 4) is 0 Å². The van der Waals surface area contributed by atoms with Gasteiger partial charge in [-0.1, -0.05) is 0 Å². The minimum Gasteiger partial charge on any atom is -0.373 e. The van der Waals surface area contributed by atoms with Crippen LogP contribution in [0.1, 0.15) is 38.5 Å². The first-order valence-electron chi connectivity index (χ1n) is 7.16. The molecule has 4 bridgehead atoms. The number of carbonyl (C=O) groups excluding carboxylic acids is 1. The molecule has 0 aromatic carbocycles. The monoisotopic (exact) mass is 252 g/mol. The van der Waals surface area contributed by atoms with Crippen molar-refractivity contribution in [2.75, 3.05) is 0 Å². The first-order valence-corrected chi connectivity index (χ1v) is 7.16. The van der Waals surface area contributed by atoms with Gasteiger partial charge in [-0.2, -0.15) is 0 Å². The van der Waals surface area contributed by atoms with Crippen LogP contribution < -0.4 is 10.6 Å². The number of hydrogen-bond acceptors (Lipinski definition) is 3. The average molecular weight is 252 g/mol. The molecule has 2 N–H and O–H groups in total. The third kappa shape index (κ3) is 1.80. The van der Waals surface area contributed by atoms with E-state index in [0.29, 0.717) is 12.2 Å². The summed E-state index contributed by atoms with van der Waals surface area (Å²) in [6, 6.07) is 0.379. The second-order valence-electron chi connectivity index (χ2n) is 6.05. The highest BCUT2D eigenvalue weighted by Gasteiger charge is 2.43. The van der Waals surface area contributed by atoms with Gasteiger partial charge in [-0.25, -0.2) is 4.79 Å². The molecule has 4 rings (SSSR count). The molecule has 0 unspecified atom stereocenters. The zero-order valence-electron chi connectivity index (χ0n) is 10.4. The summed E-state index contributed by atoms with van der Waals surface area (Å²) in [5.41, 5.74) is 0. The molecule has 0 aromatic heterocycles. The number of urea groups is 1. The molecular weight excluding hydrogens is 232 g/mol. The van der Waals surface area contributed by atoms with Gasteiger partial charge in [-0.15, -0.1) is 0 Å². The maximum absolute atomic E-state index is 12.0. The summed E-state index contributed by atoms with van der Waals surface area (Å²) in [4.78, 5) is 12.0. The maximum atomic E-state index is 12.0. The molecule has 5 nitrogen and oxygen atoms in total. The first kappa shape index (κ1) is 11.1. The fraction of sp³-hybridized carbons (Fsp3) is 0.923. The van der Waals surface area contributed by atoms with Gasteiger partial charge in [-0.3, -0.25) is 0 Å². The van der Waals surface area contributed by atoms with E-state index in [1.807, 2.05) is 0 Å². The molecule has 0 radical (unpaired) electrons. The molecule has 0 saturated carbocycles. The van der Waals surface area contributed by atoms with Crippen LogP contribution in [0.15, 0.2) is 0 Å². The van der Waals surface area contributed by atoms with Crippen molar-refractivity contribution >= 4 is 6.03 Å². The Morgan fingerprint density at radius 1 is 0.833 bits per heavy atom. The van der Waals surface area contributed by atoms with E-state index in [4.69, 9.17) is 9.47 Å². The van der Waals surface area contributed by atoms with Gasteiger partial charge in [0.15, 0.2) is 0 Å². The van der Waals surface area contributed by atoms with Crippen LogP contribution in [0.25, 0.3) is 0 Å². The van der Waals surface area contributed by atoms with E-state index in [2.05, 4.69) is 10.6 Å². The maximum Gasteiger partial charge on any atom is 0.315 e. The number of nitrogens with one attached hydrogen (secondary N) is 2. The van der Waals surface area contributed by atoms with Gasteiger partial charge in [-0.05, 0) is 38.5 Å².